The minimum Gasteiger partial charge on any atom is -0.302 e. The Bertz CT molecular complexity index is 799. The number of hydrogen-bond acceptors (Lipinski definition) is 4. The maximum Gasteiger partial charge on any atom is 0.132 e. The molecule has 4 nitrogen and oxygen atoms in total. The minimum absolute atomic E-state index is 0.466. The lowest BCUT2D eigenvalue weighted by Crippen LogP contribution is -2.36. The lowest BCUT2D eigenvalue weighted by atomic mass is 9.96. The molecule has 1 atom stereocenters. The van der Waals surface area contributed by atoms with Crippen molar-refractivity contribution in [2.24, 2.45) is 0 Å². The van der Waals surface area contributed by atoms with E-state index in [1.807, 2.05) is 0 Å². The fraction of sp³-hybridized carbons (Fsp3) is 0.478. The van der Waals surface area contributed by atoms with Crippen LogP contribution in [0.15, 0.2) is 42.1 Å². The number of likely N-dealkylation sites (tertiary alicyclic amines) is 1. The standard InChI is InChI=1S/C23H30N4/c1-18(13-19-7-4-3-5-8-19)15-27-11-6-9-20(17-27)23-24-14-21-16-26(2)12-10-22(21)25-23/h3-5,7-8,13-14,20H,6,9-12,15-17H2,1-2H3/b18-13+/t20-/m0/s1. The van der Waals surface area contributed by atoms with E-state index in [0.717, 1.165) is 38.4 Å². The average molecular weight is 363 g/mol. The number of aromatic nitrogens is 2. The Kier molecular flexibility index (Phi) is 5.65. The van der Waals surface area contributed by atoms with Crippen molar-refractivity contribution >= 4 is 6.08 Å². The van der Waals surface area contributed by atoms with Crippen molar-refractivity contribution in [1.82, 2.24) is 19.8 Å². The molecule has 27 heavy (non-hydrogen) atoms. The molecule has 0 amide bonds. The molecule has 1 fully saturated rings. The van der Waals surface area contributed by atoms with E-state index in [1.165, 1.54) is 41.8 Å². The predicted octanol–water partition coefficient (Wildman–Crippen LogP) is 3.75. The van der Waals surface area contributed by atoms with Crippen LogP contribution in [0.4, 0.5) is 0 Å². The second kappa shape index (κ2) is 8.32. The molecular formula is C23H30N4. The molecule has 0 saturated carbocycles. The molecule has 1 saturated heterocycles. The molecule has 0 bridgehead atoms. The zero-order chi connectivity index (χ0) is 18.6. The van der Waals surface area contributed by atoms with Crippen LogP contribution in [0.1, 0.15) is 48.3 Å². The second-order valence-electron chi connectivity index (χ2n) is 8.16. The highest BCUT2D eigenvalue weighted by Gasteiger charge is 2.25. The van der Waals surface area contributed by atoms with Gasteiger partial charge in [-0.05, 0) is 38.9 Å². The van der Waals surface area contributed by atoms with E-state index in [-0.39, 0.29) is 0 Å². The first-order valence-corrected chi connectivity index (χ1v) is 10.1. The lowest BCUT2D eigenvalue weighted by molar-refractivity contribution is 0.219. The van der Waals surface area contributed by atoms with Gasteiger partial charge in [0.1, 0.15) is 5.82 Å². The molecule has 1 aromatic heterocycles. The summed E-state index contributed by atoms with van der Waals surface area (Å²) >= 11 is 0. The van der Waals surface area contributed by atoms with E-state index >= 15 is 0 Å². The van der Waals surface area contributed by atoms with Gasteiger partial charge in [0.05, 0.1) is 0 Å². The lowest BCUT2D eigenvalue weighted by Gasteiger charge is -2.33. The molecule has 0 aliphatic carbocycles. The number of hydrogen-bond donors (Lipinski definition) is 0. The van der Waals surface area contributed by atoms with Crippen molar-refractivity contribution in [2.75, 3.05) is 33.2 Å². The summed E-state index contributed by atoms with van der Waals surface area (Å²) in [5, 5.41) is 0. The van der Waals surface area contributed by atoms with Gasteiger partial charge in [-0.15, -0.1) is 0 Å². The van der Waals surface area contributed by atoms with Gasteiger partial charge in [0.25, 0.3) is 0 Å². The minimum atomic E-state index is 0.466. The Morgan fingerprint density at radius 3 is 2.93 bits per heavy atom. The third-order valence-electron chi connectivity index (χ3n) is 5.70. The Morgan fingerprint density at radius 1 is 1.22 bits per heavy atom. The monoisotopic (exact) mass is 362 g/mol. The number of fused-ring (bicyclic) bond motifs is 1. The smallest absolute Gasteiger partial charge is 0.132 e. The largest absolute Gasteiger partial charge is 0.302 e. The van der Waals surface area contributed by atoms with Crippen molar-refractivity contribution in [3.05, 3.63) is 64.7 Å². The summed E-state index contributed by atoms with van der Waals surface area (Å²) in [6, 6.07) is 10.6. The molecule has 0 N–H and O–H groups in total. The number of nitrogens with zero attached hydrogens (tertiary/aromatic N) is 4. The summed E-state index contributed by atoms with van der Waals surface area (Å²) in [4.78, 5) is 14.6. The normalized spacial score (nSPS) is 21.9. The summed E-state index contributed by atoms with van der Waals surface area (Å²) in [5.41, 5.74) is 5.28. The number of likely N-dealkylation sites (N-methyl/N-ethyl adjacent to an activating group) is 1. The van der Waals surface area contributed by atoms with Crippen LogP contribution in [0.5, 0.6) is 0 Å². The Balaban J connectivity index is 1.42. The zero-order valence-corrected chi connectivity index (χ0v) is 16.6. The van der Waals surface area contributed by atoms with Crippen LogP contribution in [0.25, 0.3) is 6.08 Å². The Morgan fingerprint density at radius 2 is 2.07 bits per heavy atom. The molecule has 4 rings (SSSR count). The van der Waals surface area contributed by atoms with Crippen LogP contribution in [-0.2, 0) is 13.0 Å². The first-order valence-electron chi connectivity index (χ1n) is 10.1. The van der Waals surface area contributed by atoms with Gasteiger partial charge in [-0.3, -0.25) is 4.90 Å². The molecule has 0 radical (unpaired) electrons. The highest BCUT2D eigenvalue weighted by atomic mass is 15.1. The van der Waals surface area contributed by atoms with Gasteiger partial charge >= 0.3 is 0 Å². The molecule has 0 unspecified atom stereocenters. The molecule has 0 spiro atoms. The van der Waals surface area contributed by atoms with E-state index in [9.17, 15) is 0 Å². The molecule has 2 aliphatic heterocycles. The molecule has 4 heteroatoms. The van der Waals surface area contributed by atoms with Gasteiger partial charge in [0, 0.05) is 56.0 Å². The fourth-order valence-electron chi connectivity index (χ4n) is 4.31. The maximum atomic E-state index is 4.97. The van der Waals surface area contributed by atoms with Crippen LogP contribution < -0.4 is 0 Å². The van der Waals surface area contributed by atoms with E-state index < -0.39 is 0 Å². The third-order valence-corrected chi connectivity index (χ3v) is 5.70. The fourth-order valence-corrected chi connectivity index (χ4v) is 4.31. The summed E-state index contributed by atoms with van der Waals surface area (Å²) in [6.07, 6.45) is 7.86. The van der Waals surface area contributed by atoms with Crippen LogP contribution in [0, 0.1) is 0 Å². The van der Waals surface area contributed by atoms with Crippen LogP contribution >= 0.6 is 0 Å². The molecule has 1 aromatic carbocycles. The van der Waals surface area contributed by atoms with Gasteiger partial charge in [0.15, 0.2) is 0 Å². The summed E-state index contributed by atoms with van der Waals surface area (Å²) < 4.78 is 0. The molecule has 2 aromatic rings. The Labute approximate surface area is 162 Å². The van der Waals surface area contributed by atoms with Crippen LogP contribution in [0.2, 0.25) is 0 Å². The third kappa shape index (κ3) is 4.63. The summed E-state index contributed by atoms with van der Waals surface area (Å²) in [7, 11) is 2.17. The SMILES string of the molecule is C/C(=C\c1ccccc1)CN1CCC[C@H](c2ncc3c(n2)CCN(C)C3)C1. The predicted molar refractivity (Wildman–Crippen MR) is 111 cm³/mol. The quantitative estimate of drug-likeness (QED) is 0.829. The van der Waals surface area contributed by atoms with E-state index in [1.54, 1.807) is 0 Å². The van der Waals surface area contributed by atoms with Crippen LogP contribution in [0.3, 0.4) is 0 Å². The second-order valence-corrected chi connectivity index (χ2v) is 8.16. The van der Waals surface area contributed by atoms with E-state index in [0.29, 0.717) is 5.92 Å². The Hall–Kier alpha value is -2.04. The summed E-state index contributed by atoms with van der Waals surface area (Å²) in [5.74, 6) is 1.53. The van der Waals surface area contributed by atoms with Crippen molar-refractivity contribution in [3.8, 4) is 0 Å². The van der Waals surface area contributed by atoms with E-state index in [2.05, 4.69) is 66.4 Å². The number of rotatable bonds is 4. The molecular weight excluding hydrogens is 332 g/mol. The molecule has 3 heterocycles. The number of piperidine rings is 1. The van der Waals surface area contributed by atoms with Gasteiger partial charge in [0.2, 0.25) is 0 Å². The van der Waals surface area contributed by atoms with E-state index in [4.69, 9.17) is 9.97 Å². The first-order chi connectivity index (χ1) is 13.2. The maximum absolute atomic E-state index is 4.97. The van der Waals surface area contributed by atoms with Crippen molar-refractivity contribution < 1.29 is 0 Å². The van der Waals surface area contributed by atoms with Gasteiger partial charge in [-0.25, -0.2) is 9.97 Å². The average Bonchev–Trinajstić information content (AvgIpc) is 2.68. The first kappa shape index (κ1) is 18.3. The van der Waals surface area contributed by atoms with Crippen molar-refractivity contribution in [3.63, 3.8) is 0 Å². The van der Waals surface area contributed by atoms with Crippen molar-refractivity contribution in [1.29, 1.82) is 0 Å². The topological polar surface area (TPSA) is 32.3 Å². The van der Waals surface area contributed by atoms with Crippen molar-refractivity contribution in [2.45, 2.75) is 38.6 Å². The summed E-state index contributed by atoms with van der Waals surface area (Å²) in [6.45, 7) is 7.59. The zero-order valence-electron chi connectivity index (χ0n) is 16.6. The van der Waals surface area contributed by atoms with Gasteiger partial charge < -0.3 is 4.90 Å². The van der Waals surface area contributed by atoms with Gasteiger partial charge in [-0.2, -0.15) is 0 Å². The molecule has 142 valence electrons. The highest BCUT2D eigenvalue weighted by Crippen LogP contribution is 2.26. The highest BCUT2D eigenvalue weighted by molar-refractivity contribution is 5.52. The molecule has 2 aliphatic rings. The van der Waals surface area contributed by atoms with Crippen LogP contribution in [-0.4, -0.2) is 53.0 Å². The van der Waals surface area contributed by atoms with Gasteiger partial charge in [-0.1, -0.05) is 42.0 Å². The number of benzene rings is 1.